The van der Waals surface area contributed by atoms with Crippen molar-refractivity contribution in [3.63, 3.8) is 0 Å². The van der Waals surface area contributed by atoms with Crippen LogP contribution >= 0.6 is 0 Å². The largest absolute Gasteiger partial charge is 0.314 e. The van der Waals surface area contributed by atoms with E-state index >= 15 is 0 Å². The van der Waals surface area contributed by atoms with E-state index in [9.17, 15) is 8.42 Å². The Balaban J connectivity index is 2.02. The Kier molecular flexibility index (Phi) is 7.90. The second kappa shape index (κ2) is 8.89. The quantitative estimate of drug-likeness (QED) is 0.522. The highest BCUT2D eigenvalue weighted by Gasteiger charge is 2.19. The van der Waals surface area contributed by atoms with Crippen LogP contribution in [-0.4, -0.2) is 57.8 Å². The molecule has 0 atom stereocenters. The van der Waals surface area contributed by atoms with Crippen LogP contribution < -0.4 is 10.0 Å². The summed E-state index contributed by atoms with van der Waals surface area (Å²) in [5, 5.41) is 3.39. The van der Waals surface area contributed by atoms with Crippen molar-refractivity contribution < 1.29 is 8.42 Å². The Morgan fingerprint density at radius 2 is 1.79 bits per heavy atom. The lowest BCUT2D eigenvalue weighted by Crippen LogP contribution is -2.35. The van der Waals surface area contributed by atoms with Gasteiger partial charge in [0, 0.05) is 19.1 Å². The van der Waals surface area contributed by atoms with Crippen LogP contribution in [0.15, 0.2) is 0 Å². The first kappa shape index (κ1) is 16.9. The SMILES string of the molecule is CCN(CC)CCNS(=O)(=O)CCCCNC1CC1. The maximum Gasteiger partial charge on any atom is 0.211 e. The Morgan fingerprint density at radius 3 is 2.37 bits per heavy atom. The molecule has 1 aliphatic rings. The molecule has 114 valence electrons. The number of hydrogen-bond donors (Lipinski definition) is 2. The van der Waals surface area contributed by atoms with Gasteiger partial charge in [-0.15, -0.1) is 0 Å². The average Bonchev–Trinajstić information content (AvgIpc) is 3.18. The van der Waals surface area contributed by atoms with E-state index in [1.54, 1.807) is 0 Å². The molecule has 0 aliphatic heterocycles. The van der Waals surface area contributed by atoms with E-state index in [1.807, 2.05) is 0 Å². The van der Waals surface area contributed by atoms with Crippen molar-refractivity contribution in [1.82, 2.24) is 14.9 Å². The van der Waals surface area contributed by atoms with Crippen LogP contribution in [0.25, 0.3) is 0 Å². The predicted molar refractivity (Wildman–Crippen MR) is 79.8 cm³/mol. The minimum atomic E-state index is -3.08. The van der Waals surface area contributed by atoms with Gasteiger partial charge < -0.3 is 10.2 Å². The summed E-state index contributed by atoms with van der Waals surface area (Å²) < 4.78 is 26.2. The molecule has 0 spiro atoms. The van der Waals surface area contributed by atoms with Crippen molar-refractivity contribution >= 4 is 10.0 Å². The fourth-order valence-corrected chi connectivity index (χ4v) is 3.11. The molecule has 0 aromatic heterocycles. The summed E-state index contributed by atoms with van der Waals surface area (Å²) in [6.07, 6.45) is 4.24. The van der Waals surface area contributed by atoms with Gasteiger partial charge in [-0.3, -0.25) is 0 Å². The van der Waals surface area contributed by atoms with Gasteiger partial charge >= 0.3 is 0 Å². The molecule has 0 amide bonds. The van der Waals surface area contributed by atoms with Crippen molar-refractivity contribution in [1.29, 1.82) is 0 Å². The van der Waals surface area contributed by atoms with Crippen molar-refractivity contribution in [2.75, 3.05) is 38.5 Å². The van der Waals surface area contributed by atoms with Crippen molar-refractivity contribution in [3.8, 4) is 0 Å². The van der Waals surface area contributed by atoms with Crippen LogP contribution in [0.2, 0.25) is 0 Å². The Bertz CT molecular complexity index is 325. The van der Waals surface area contributed by atoms with E-state index in [0.717, 1.165) is 39.0 Å². The molecular weight excluding hydrogens is 262 g/mol. The van der Waals surface area contributed by atoms with Crippen molar-refractivity contribution in [3.05, 3.63) is 0 Å². The third-order valence-electron chi connectivity index (χ3n) is 3.49. The molecule has 0 unspecified atom stereocenters. The number of sulfonamides is 1. The summed E-state index contributed by atoms with van der Waals surface area (Å²) in [5.74, 6) is 0.248. The maximum atomic E-state index is 11.7. The fourth-order valence-electron chi connectivity index (χ4n) is 1.98. The second-order valence-electron chi connectivity index (χ2n) is 5.18. The normalized spacial score (nSPS) is 16.2. The van der Waals surface area contributed by atoms with Crippen molar-refractivity contribution in [2.24, 2.45) is 0 Å². The zero-order valence-electron chi connectivity index (χ0n) is 12.3. The highest BCUT2D eigenvalue weighted by Crippen LogP contribution is 2.18. The summed E-state index contributed by atoms with van der Waals surface area (Å²) in [6, 6.07) is 0.712. The van der Waals surface area contributed by atoms with Crippen LogP contribution in [0, 0.1) is 0 Å². The second-order valence-corrected chi connectivity index (χ2v) is 7.10. The standard InChI is InChI=1S/C13H29N3O2S/c1-3-16(4-2)11-10-15-19(17,18)12-6-5-9-14-13-7-8-13/h13-15H,3-12H2,1-2H3. The van der Waals surface area contributed by atoms with Crippen LogP contribution in [-0.2, 0) is 10.0 Å². The van der Waals surface area contributed by atoms with E-state index in [4.69, 9.17) is 0 Å². The fraction of sp³-hybridized carbons (Fsp3) is 1.00. The van der Waals surface area contributed by atoms with E-state index in [0.29, 0.717) is 12.6 Å². The molecule has 1 aliphatic carbocycles. The van der Waals surface area contributed by atoms with E-state index in [-0.39, 0.29) is 5.75 Å². The molecule has 1 fully saturated rings. The lowest BCUT2D eigenvalue weighted by molar-refractivity contribution is 0.309. The van der Waals surface area contributed by atoms with E-state index < -0.39 is 10.0 Å². The number of unbranched alkanes of at least 4 members (excludes halogenated alkanes) is 1. The zero-order chi connectivity index (χ0) is 14.1. The predicted octanol–water partition coefficient (Wildman–Crippen LogP) is 0.780. The third kappa shape index (κ3) is 8.57. The zero-order valence-corrected chi connectivity index (χ0v) is 13.1. The highest BCUT2D eigenvalue weighted by molar-refractivity contribution is 7.89. The molecule has 6 heteroatoms. The number of nitrogens with one attached hydrogen (secondary N) is 2. The molecular formula is C13H29N3O2S. The molecule has 1 rings (SSSR count). The maximum absolute atomic E-state index is 11.7. The van der Waals surface area contributed by atoms with Gasteiger partial charge in [0.15, 0.2) is 0 Å². The van der Waals surface area contributed by atoms with E-state index in [2.05, 4.69) is 28.8 Å². The minimum Gasteiger partial charge on any atom is -0.314 e. The van der Waals surface area contributed by atoms with Gasteiger partial charge in [0.2, 0.25) is 10.0 Å². The number of rotatable bonds is 12. The monoisotopic (exact) mass is 291 g/mol. The molecule has 0 aromatic carbocycles. The van der Waals surface area contributed by atoms with Gasteiger partial charge in [0.05, 0.1) is 5.75 Å². The van der Waals surface area contributed by atoms with Crippen LogP contribution in [0.3, 0.4) is 0 Å². The lowest BCUT2D eigenvalue weighted by atomic mass is 10.3. The van der Waals surface area contributed by atoms with Gasteiger partial charge in [-0.2, -0.15) is 0 Å². The molecule has 1 saturated carbocycles. The molecule has 0 heterocycles. The van der Waals surface area contributed by atoms with Crippen LogP contribution in [0.1, 0.15) is 39.5 Å². The van der Waals surface area contributed by atoms with Crippen molar-refractivity contribution in [2.45, 2.75) is 45.6 Å². The third-order valence-corrected chi connectivity index (χ3v) is 4.96. The molecule has 2 N–H and O–H groups in total. The average molecular weight is 291 g/mol. The topological polar surface area (TPSA) is 61.4 Å². The Morgan fingerprint density at radius 1 is 1.11 bits per heavy atom. The van der Waals surface area contributed by atoms with Crippen LogP contribution in [0.5, 0.6) is 0 Å². The molecule has 5 nitrogen and oxygen atoms in total. The summed E-state index contributed by atoms with van der Waals surface area (Å²) in [5.41, 5.74) is 0. The van der Waals surface area contributed by atoms with E-state index in [1.165, 1.54) is 12.8 Å². The van der Waals surface area contributed by atoms with Gasteiger partial charge in [-0.1, -0.05) is 13.8 Å². The highest BCUT2D eigenvalue weighted by atomic mass is 32.2. The summed E-state index contributed by atoms with van der Waals surface area (Å²) in [6.45, 7) is 8.35. The first-order valence-corrected chi connectivity index (χ1v) is 9.15. The molecule has 0 saturated heterocycles. The first-order valence-electron chi connectivity index (χ1n) is 7.50. The lowest BCUT2D eigenvalue weighted by Gasteiger charge is -2.17. The molecule has 0 aromatic rings. The first-order chi connectivity index (χ1) is 9.07. The molecule has 19 heavy (non-hydrogen) atoms. The molecule has 0 radical (unpaired) electrons. The number of hydrogen-bond acceptors (Lipinski definition) is 4. The van der Waals surface area contributed by atoms with Gasteiger partial charge in [0.1, 0.15) is 0 Å². The van der Waals surface area contributed by atoms with Gasteiger partial charge in [0.25, 0.3) is 0 Å². The number of nitrogens with zero attached hydrogens (tertiary/aromatic N) is 1. The number of likely N-dealkylation sites (N-methyl/N-ethyl adjacent to an activating group) is 1. The van der Waals surface area contributed by atoms with Gasteiger partial charge in [-0.05, 0) is 45.3 Å². The summed E-state index contributed by atoms with van der Waals surface area (Å²) in [7, 11) is -3.08. The van der Waals surface area contributed by atoms with Gasteiger partial charge in [-0.25, -0.2) is 13.1 Å². The summed E-state index contributed by atoms with van der Waals surface area (Å²) in [4.78, 5) is 2.21. The smallest absolute Gasteiger partial charge is 0.211 e. The Labute approximate surface area is 118 Å². The minimum absolute atomic E-state index is 0.248. The summed E-state index contributed by atoms with van der Waals surface area (Å²) >= 11 is 0. The van der Waals surface area contributed by atoms with Crippen LogP contribution in [0.4, 0.5) is 0 Å². The molecule has 0 bridgehead atoms. The Hall–Kier alpha value is -0.170.